The van der Waals surface area contributed by atoms with Crippen LogP contribution in [0.3, 0.4) is 0 Å². The molecule has 0 bridgehead atoms. The summed E-state index contributed by atoms with van der Waals surface area (Å²) in [5.74, 6) is 0.790. The summed E-state index contributed by atoms with van der Waals surface area (Å²) < 4.78 is 0. The molecule has 2 aliphatic rings. The maximum Gasteiger partial charge on any atom is 0.317 e. The van der Waals surface area contributed by atoms with Crippen LogP contribution in [0.4, 0.5) is 4.79 Å². The Morgan fingerprint density at radius 3 is 2.79 bits per heavy atom. The summed E-state index contributed by atoms with van der Waals surface area (Å²) in [5.41, 5.74) is 2.58. The van der Waals surface area contributed by atoms with Gasteiger partial charge in [0.15, 0.2) is 0 Å². The third-order valence-corrected chi connectivity index (χ3v) is 5.51. The minimum atomic E-state index is 0.103. The average molecular weight is 329 g/mol. The third-order valence-electron chi connectivity index (χ3n) is 5.51. The van der Waals surface area contributed by atoms with Gasteiger partial charge in [0.25, 0.3) is 0 Å². The van der Waals surface area contributed by atoms with Crippen LogP contribution in [-0.2, 0) is 0 Å². The van der Waals surface area contributed by atoms with E-state index < -0.39 is 0 Å². The van der Waals surface area contributed by atoms with Gasteiger partial charge in [-0.25, -0.2) is 4.79 Å². The molecule has 2 fully saturated rings. The predicted octanol–water partition coefficient (Wildman–Crippen LogP) is 3.57. The van der Waals surface area contributed by atoms with Crippen molar-refractivity contribution in [2.24, 2.45) is 5.92 Å². The number of nitrogens with one attached hydrogen (secondary N) is 1. The van der Waals surface area contributed by atoms with Crippen molar-refractivity contribution in [2.75, 3.05) is 32.7 Å². The summed E-state index contributed by atoms with van der Waals surface area (Å²) in [6, 6.07) is 8.79. The molecule has 2 amide bonds. The first-order chi connectivity index (χ1) is 11.6. The van der Waals surface area contributed by atoms with Crippen molar-refractivity contribution in [3.63, 3.8) is 0 Å². The van der Waals surface area contributed by atoms with Crippen molar-refractivity contribution in [1.29, 1.82) is 0 Å². The molecule has 1 N–H and O–H groups in total. The van der Waals surface area contributed by atoms with Crippen molar-refractivity contribution < 1.29 is 4.79 Å². The van der Waals surface area contributed by atoms with E-state index in [-0.39, 0.29) is 12.1 Å². The predicted molar refractivity (Wildman–Crippen MR) is 98.1 cm³/mol. The number of rotatable bonds is 4. The molecule has 1 aromatic carbocycles. The summed E-state index contributed by atoms with van der Waals surface area (Å²) in [4.78, 5) is 17.2. The second-order valence-corrected chi connectivity index (χ2v) is 7.49. The molecule has 0 spiro atoms. The Labute approximate surface area is 146 Å². The van der Waals surface area contributed by atoms with Crippen LogP contribution in [0.15, 0.2) is 24.3 Å². The highest BCUT2D eigenvalue weighted by molar-refractivity contribution is 5.75. The monoisotopic (exact) mass is 329 g/mol. The van der Waals surface area contributed by atoms with Crippen molar-refractivity contribution in [1.82, 2.24) is 15.1 Å². The molecule has 0 radical (unpaired) electrons. The molecule has 2 heterocycles. The smallest absolute Gasteiger partial charge is 0.317 e. The van der Waals surface area contributed by atoms with Gasteiger partial charge in [0.1, 0.15) is 0 Å². The number of aryl methyl sites for hydroxylation is 1. The Hall–Kier alpha value is -1.55. The molecule has 132 valence electrons. The largest absolute Gasteiger partial charge is 0.337 e. The summed E-state index contributed by atoms with van der Waals surface area (Å²) in [6.07, 6.45) is 4.79. The molecule has 0 aliphatic carbocycles. The fourth-order valence-electron chi connectivity index (χ4n) is 4.21. The van der Waals surface area contributed by atoms with E-state index in [1.54, 1.807) is 0 Å². The average Bonchev–Trinajstić information content (AvgIpc) is 3.05. The number of piperidine rings is 1. The molecule has 2 atom stereocenters. The second kappa shape index (κ2) is 8.02. The van der Waals surface area contributed by atoms with Gasteiger partial charge in [0.2, 0.25) is 0 Å². The van der Waals surface area contributed by atoms with Crippen molar-refractivity contribution in [3.05, 3.63) is 35.4 Å². The molecule has 2 aliphatic heterocycles. The second-order valence-electron chi connectivity index (χ2n) is 7.49. The number of carbonyl (C=O) groups excluding carboxylic acids is 1. The highest BCUT2D eigenvalue weighted by Crippen LogP contribution is 2.33. The van der Waals surface area contributed by atoms with Crippen LogP contribution in [0.2, 0.25) is 0 Å². The number of carbonyl (C=O) groups is 1. The van der Waals surface area contributed by atoms with E-state index in [4.69, 9.17) is 0 Å². The number of likely N-dealkylation sites (tertiary alicyclic amines) is 2. The van der Waals surface area contributed by atoms with Crippen LogP contribution in [0, 0.1) is 12.8 Å². The van der Waals surface area contributed by atoms with Crippen LogP contribution >= 0.6 is 0 Å². The number of hydrogen-bond acceptors (Lipinski definition) is 2. The van der Waals surface area contributed by atoms with Crippen LogP contribution in [0.5, 0.6) is 0 Å². The fraction of sp³-hybridized carbons (Fsp3) is 0.650. The first kappa shape index (κ1) is 17.3. The van der Waals surface area contributed by atoms with E-state index in [2.05, 4.69) is 48.3 Å². The summed E-state index contributed by atoms with van der Waals surface area (Å²) in [6.45, 7) is 9.40. The lowest BCUT2D eigenvalue weighted by Crippen LogP contribution is -2.44. The Kier molecular flexibility index (Phi) is 5.77. The van der Waals surface area contributed by atoms with E-state index in [0.29, 0.717) is 0 Å². The van der Waals surface area contributed by atoms with E-state index in [0.717, 1.165) is 38.4 Å². The molecule has 1 aromatic rings. The molecule has 0 saturated carbocycles. The third kappa shape index (κ3) is 4.10. The molecule has 24 heavy (non-hydrogen) atoms. The van der Waals surface area contributed by atoms with Gasteiger partial charge in [-0.2, -0.15) is 0 Å². The van der Waals surface area contributed by atoms with Gasteiger partial charge >= 0.3 is 6.03 Å². The van der Waals surface area contributed by atoms with Crippen molar-refractivity contribution >= 4 is 6.03 Å². The fourth-order valence-corrected chi connectivity index (χ4v) is 4.21. The number of urea groups is 1. The molecule has 2 saturated heterocycles. The standard InChI is InChI=1S/C20H31N3O/c1-16-7-5-12-22(15-16)14-11-21-20(24)23-13-6-10-19(23)18-9-4-3-8-17(18)2/h3-4,8-9,16,19H,5-7,10-15H2,1-2H3,(H,21,24). The Morgan fingerprint density at radius 2 is 2.00 bits per heavy atom. The molecule has 4 heteroatoms. The van der Waals surface area contributed by atoms with Crippen LogP contribution in [0.25, 0.3) is 0 Å². The zero-order valence-corrected chi connectivity index (χ0v) is 15.1. The number of amides is 2. The zero-order valence-electron chi connectivity index (χ0n) is 15.1. The van der Waals surface area contributed by atoms with Crippen LogP contribution < -0.4 is 5.32 Å². The maximum absolute atomic E-state index is 12.6. The lowest BCUT2D eigenvalue weighted by Gasteiger charge is -2.31. The Balaban J connectivity index is 1.51. The van der Waals surface area contributed by atoms with Crippen molar-refractivity contribution in [2.45, 2.75) is 45.6 Å². The highest BCUT2D eigenvalue weighted by Gasteiger charge is 2.30. The molecular weight excluding hydrogens is 298 g/mol. The van der Waals surface area contributed by atoms with E-state index in [9.17, 15) is 4.79 Å². The topological polar surface area (TPSA) is 35.6 Å². The summed E-state index contributed by atoms with van der Waals surface area (Å²) >= 11 is 0. The number of benzene rings is 1. The Morgan fingerprint density at radius 1 is 1.21 bits per heavy atom. The molecular formula is C20H31N3O. The zero-order chi connectivity index (χ0) is 16.9. The number of hydrogen-bond donors (Lipinski definition) is 1. The molecule has 3 rings (SSSR count). The van der Waals surface area contributed by atoms with Gasteiger partial charge in [-0.05, 0) is 56.2 Å². The van der Waals surface area contributed by atoms with Crippen molar-refractivity contribution in [3.8, 4) is 0 Å². The van der Waals surface area contributed by atoms with Gasteiger partial charge in [0, 0.05) is 26.2 Å². The quantitative estimate of drug-likeness (QED) is 0.916. The van der Waals surface area contributed by atoms with Gasteiger partial charge in [-0.3, -0.25) is 0 Å². The van der Waals surface area contributed by atoms with Gasteiger partial charge in [-0.1, -0.05) is 31.2 Å². The molecule has 2 unspecified atom stereocenters. The van der Waals surface area contributed by atoms with E-state index >= 15 is 0 Å². The van der Waals surface area contributed by atoms with E-state index in [1.807, 2.05) is 4.90 Å². The Bertz CT molecular complexity index is 560. The molecule has 4 nitrogen and oxygen atoms in total. The van der Waals surface area contributed by atoms with Crippen LogP contribution in [-0.4, -0.2) is 48.6 Å². The first-order valence-corrected chi connectivity index (χ1v) is 9.47. The summed E-state index contributed by atoms with van der Waals surface area (Å²) in [7, 11) is 0. The maximum atomic E-state index is 12.6. The van der Waals surface area contributed by atoms with Gasteiger partial charge in [-0.15, -0.1) is 0 Å². The van der Waals surface area contributed by atoms with Gasteiger partial charge in [0.05, 0.1) is 6.04 Å². The van der Waals surface area contributed by atoms with Gasteiger partial charge < -0.3 is 15.1 Å². The minimum absolute atomic E-state index is 0.103. The first-order valence-electron chi connectivity index (χ1n) is 9.47. The molecule has 0 aromatic heterocycles. The van der Waals surface area contributed by atoms with Crippen LogP contribution in [0.1, 0.15) is 49.8 Å². The lowest BCUT2D eigenvalue weighted by molar-refractivity contribution is 0.174. The summed E-state index contributed by atoms with van der Waals surface area (Å²) in [5, 5.41) is 3.15. The normalized spacial score (nSPS) is 25.0. The number of nitrogens with zero attached hydrogens (tertiary/aromatic N) is 2. The highest BCUT2D eigenvalue weighted by atomic mass is 16.2. The minimum Gasteiger partial charge on any atom is -0.337 e. The SMILES string of the molecule is Cc1ccccc1C1CCCN1C(=O)NCCN1CCCC(C)C1. The lowest BCUT2D eigenvalue weighted by atomic mass is 9.99. The van der Waals surface area contributed by atoms with E-state index in [1.165, 1.54) is 37.1 Å².